The second-order valence-electron chi connectivity index (χ2n) is 6.53. The van der Waals surface area contributed by atoms with Gasteiger partial charge in [0, 0.05) is 18.0 Å². The van der Waals surface area contributed by atoms with Gasteiger partial charge in [-0.15, -0.1) is 21.5 Å². The molecule has 8 nitrogen and oxygen atoms in total. The summed E-state index contributed by atoms with van der Waals surface area (Å²) in [6, 6.07) is 13.2. The van der Waals surface area contributed by atoms with Crippen molar-refractivity contribution in [2.45, 2.75) is 12.1 Å². The first-order valence-corrected chi connectivity index (χ1v) is 11.1. The molecule has 0 aliphatic heterocycles. The lowest BCUT2D eigenvalue weighted by Gasteiger charge is -2.12. The lowest BCUT2D eigenvalue weighted by molar-refractivity contribution is -0.113. The molecule has 0 saturated heterocycles. The monoisotopic (exact) mass is 450 g/mol. The molecule has 2 amide bonds. The van der Waals surface area contributed by atoms with Crippen molar-refractivity contribution < 1.29 is 9.59 Å². The van der Waals surface area contributed by atoms with Crippen molar-refractivity contribution in [2.24, 2.45) is 5.73 Å². The SMILES string of the molecule is Cc1ccccc1-n1c(SCC(=O)Nc2sccc2C(N)=O)nnc1-c1cccnc1. The number of anilines is 1. The van der Waals surface area contributed by atoms with Crippen LogP contribution >= 0.6 is 23.1 Å². The summed E-state index contributed by atoms with van der Waals surface area (Å²) >= 11 is 2.50. The number of hydrogen-bond acceptors (Lipinski definition) is 7. The largest absolute Gasteiger partial charge is 0.366 e. The van der Waals surface area contributed by atoms with E-state index in [4.69, 9.17) is 5.73 Å². The fraction of sp³-hybridized carbons (Fsp3) is 0.0952. The Morgan fingerprint density at radius 3 is 2.74 bits per heavy atom. The van der Waals surface area contributed by atoms with Crippen LogP contribution in [0, 0.1) is 6.92 Å². The van der Waals surface area contributed by atoms with Gasteiger partial charge >= 0.3 is 0 Å². The molecule has 4 rings (SSSR count). The molecule has 0 spiro atoms. The number of hydrogen-bond donors (Lipinski definition) is 2. The number of para-hydroxylation sites is 1. The van der Waals surface area contributed by atoms with Gasteiger partial charge in [-0.25, -0.2) is 0 Å². The number of aromatic nitrogens is 4. The van der Waals surface area contributed by atoms with Gasteiger partial charge in [-0.1, -0.05) is 30.0 Å². The van der Waals surface area contributed by atoms with Crippen molar-refractivity contribution in [1.82, 2.24) is 19.7 Å². The van der Waals surface area contributed by atoms with E-state index in [1.807, 2.05) is 47.9 Å². The van der Waals surface area contributed by atoms with Gasteiger partial charge in [-0.2, -0.15) is 0 Å². The van der Waals surface area contributed by atoms with Crippen LogP contribution < -0.4 is 11.1 Å². The average Bonchev–Trinajstić information content (AvgIpc) is 3.40. The number of carbonyl (C=O) groups is 2. The van der Waals surface area contributed by atoms with Crippen LogP contribution in [0.3, 0.4) is 0 Å². The van der Waals surface area contributed by atoms with E-state index >= 15 is 0 Å². The number of carbonyl (C=O) groups excluding carboxylic acids is 2. The van der Waals surface area contributed by atoms with E-state index in [2.05, 4.69) is 20.5 Å². The van der Waals surface area contributed by atoms with Gasteiger partial charge in [-0.3, -0.25) is 19.1 Å². The maximum absolute atomic E-state index is 12.5. The summed E-state index contributed by atoms with van der Waals surface area (Å²) in [4.78, 5) is 28.1. The van der Waals surface area contributed by atoms with E-state index in [-0.39, 0.29) is 11.7 Å². The Morgan fingerprint density at radius 2 is 2.00 bits per heavy atom. The molecule has 0 fully saturated rings. The first-order chi connectivity index (χ1) is 15.0. The predicted molar refractivity (Wildman–Crippen MR) is 122 cm³/mol. The fourth-order valence-corrected chi connectivity index (χ4v) is 4.52. The van der Waals surface area contributed by atoms with Crippen molar-refractivity contribution in [1.29, 1.82) is 0 Å². The number of benzene rings is 1. The molecule has 156 valence electrons. The van der Waals surface area contributed by atoms with Gasteiger partial charge in [0.05, 0.1) is 17.0 Å². The van der Waals surface area contributed by atoms with E-state index in [1.165, 1.54) is 23.1 Å². The Hall–Kier alpha value is -3.50. The number of nitrogens with one attached hydrogen (secondary N) is 1. The number of pyridine rings is 1. The van der Waals surface area contributed by atoms with Crippen molar-refractivity contribution in [3.05, 3.63) is 71.4 Å². The van der Waals surface area contributed by atoms with Crippen LogP contribution in [0.25, 0.3) is 17.1 Å². The molecular weight excluding hydrogens is 432 g/mol. The summed E-state index contributed by atoms with van der Waals surface area (Å²) in [6.07, 6.45) is 3.42. The Balaban J connectivity index is 1.61. The fourth-order valence-electron chi connectivity index (χ4n) is 2.97. The minimum atomic E-state index is -0.579. The minimum Gasteiger partial charge on any atom is -0.366 e. The molecule has 0 saturated carbocycles. The maximum Gasteiger partial charge on any atom is 0.251 e. The zero-order chi connectivity index (χ0) is 21.8. The van der Waals surface area contributed by atoms with Crippen LogP contribution in [0.4, 0.5) is 5.00 Å². The van der Waals surface area contributed by atoms with Crippen LogP contribution in [0.5, 0.6) is 0 Å². The first kappa shape index (κ1) is 20.8. The van der Waals surface area contributed by atoms with Crippen molar-refractivity contribution in [2.75, 3.05) is 11.1 Å². The van der Waals surface area contributed by atoms with Crippen LogP contribution in [-0.2, 0) is 4.79 Å². The third-order valence-electron chi connectivity index (χ3n) is 4.43. The minimum absolute atomic E-state index is 0.0904. The Morgan fingerprint density at radius 1 is 1.16 bits per heavy atom. The number of amides is 2. The topological polar surface area (TPSA) is 116 Å². The van der Waals surface area contributed by atoms with Crippen LogP contribution in [0.2, 0.25) is 0 Å². The molecular formula is C21H18N6O2S2. The highest BCUT2D eigenvalue weighted by Gasteiger charge is 2.19. The van der Waals surface area contributed by atoms with Gasteiger partial charge in [0.15, 0.2) is 11.0 Å². The van der Waals surface area contributed by atoms with Crippen molar-refractivity contribution in [3.63, 3.8) is 0 Å². The third kappa shape index (κ3) is 4.49. The van der Waals surface area contributed by atoms with Crippen molar-refractivity contribution in [3.8, 4) is 17.1 Å². The molecule has 0 unspecified atom stereocenters. The number of thiophene rings is 1. The normalized spacial score (nSPS) is 10.7. The van der Waals surface area contributed by atoms with Crippen LogP contribution in [-0.4, -0.2) is 37.3 Å². The quantitative estimate of drug-likeness (QED) is 0.416. The number of primary amides is 1. The first-order valence-electron chi connectivity index (χ1n) is 9.26. The molecule has 31 heavy (non-hydrogen) atoms. The van der Waals surface area contributed by atoms with E-state index in [0.29, 0.717) is 21.5 Å². The van der Waals surface area contributed by atoms with Gasteiger partial charge in [0.25, 0.3) is 5.91 Å². The molecule has 3 N–H and O–H groups in total. The molecule has 0 aliphatic rings. The lowest BCUT2D eigenvalue weighted by atomic mass is 10.2. The Kier molecular flexibility index (Phi) is 6.10. The smallest absolute Gasteiger partial charge is 0.251 e. The van der Waals surface area contributed by atoms with E-state index in [0.717, 1.165) is 16.8 Å². The molecule has 0 atom stereocenters. The zero-order valence-corrected chi connectivity index (χ0v) is 18.1. The zero-order valence-electron chi connectivity index (χ0n) is 16.5. The molecule has 4 aromatic rings. The molecule has 3 aromatic heterocycles. The standard InChI is InChI=1S/C21H18N6O2S2/c1-13-5-2-3-7-16(13)27-19(14-6-4-9-23-11-14)25-26-21(27)31-12-17(28)24-20-15(18(22)29)8-10-30-20/h2-11H,12H2,1H3,(H2,22,29)(H,24,28). The molecule has 3 heterocycles. The summed E-state index contributed by atoms with van der Waals surface area (Å²) < 4.78 is 1.92. The summed E-state index contributed by atoms with van der Waals surface area (Å²) in [5.74, 6) is -0.117. The summed E-state index contributed by atoms with van der Waals surface area (Å²) in [7, 11) is 0. The highest BCUT2D eigenvalue weighted by molar-refractivity contribution is 7.99. The average molecular weight is 451 g/mol. The summed E-state index contributed by atoms with van der Waals surface area (Å²) in [5, 5.41) is 14.1. The number of nitrogens with zero attached hydrogens (tertiary/aromatic N) is 4. The summed E-state index contributed by atoms with van der Waals surface area (Å²) in [5.41, 5.74) is 8.42. The second kappa shape index (κ2) is 9.11. The second-order valence-corrected chi connectivity index (χ2v) is 8.39. The lowest BCUT2D eigenvalue weighted by Crippen LogP contribution is -2.18. The van der Waals surface area contributed by atoms with Crippen LogP contribution in [0.1, 0.15) is 15.9 Å². The maximum atomic E-state index is 12.5. The molecule has 0 radical (unpaired) electrons. The predicted octanol–water partition coefficient (Wildman–Crippen LogP) is 3.53. The Labute approximate surface area is 186 Å². The van der Waals surface area contributed by atoms with Gasteiger partial charge in [-0.05, 0) is 42.1 Å². The van der Waals surface area contributed by atoms with E-state index in [9.17, 15) is 9.59 Å². The number of thioether (sulfide) groups is 1. The van der Waals surface area contributed by atoms with Crippen LogP contribution in [0.15, 0.2) is 65.4 Å². The highest BCUT2D eigenvalue weighted by Crippen LogP contribution is 2.29. The highest BCUT2D eigenvalue weighted by atomic mass is 32.2. The third-order valence-corrected chi connectivity index (χ3v) is 6.18. The number of aryl methyl sites for hydroxylation is 1. The van der Waals surface area contributed by atoms with Gasteiger partial charge in [0.2, 0.25) is 5.91 Å². The number of rotatable bonds is 7. The molecule has 10 heteroatoms. The molecule has 1 aromatic carbocycles. The number of nitrogens with two attached hydrogens (primary N) is 1. The Bertz CT molecular complexity index is 1240. The van der Waals surface area contributed by atoms with Gasteiger partial charge in [0.1, 0.15) is 5.00 Å². The molecule has 0 bridgehead atoms. The summed E-state index contributed by atoms with van der Waals surface area (Å²) in [6.45, 7) is 2.01. The molecule has 0 aliphatic carbocycles. The van der Waals surface area contributed by atoms with Crippen molar-refractivity contribution >= 4 is 39.9 Å². The van der Waals surface area contributed by atoms with Gasteiger partial charge < -0.3 is 11.1 Å². The van der Waals surface area contributed by atoms with E-state index in [1.54, 1.807) is 23.8 Å². The van der Waals surface area contributed by atoms with E-state index < -0.39 is 5.91 Å².